The molecule has 6 rings (SSSR count). The standard InChI is InChI=1S/C33H36N6O4S/c1-2-16-35-18-20-36(21-19-35)27-15-17-37(24-27)32(40)31(26-9-5-3-6-10-26)38-30-22-25(23-34)13-14-29(30)39(33(38)41)44(42,43)28-11-7-4-8-12-28/h3-14,22,27,31H,2,15-21,24H2,1H3. The maximum Gasteiger partial charge on any atom is 0.344 e. The van der Waals surface area contributed by atoms with Crippen LogP contribution in [-0.4, -0.2) is 89.4 Å². The third kappa shape index (κ3) is 5.45. The maximum absolute atomic E-state index is 14.5. The van der Waals surface area contributed by atoms with Gasteiger partial charge in [0.05, 0.1) is 27.6 Å². The van der Waals surface area contributed by atoms with Gasteiger partial charge >= 0.3 is 5.69 Å². The zero-order valence-electron chi connectivity index (χ0n) is 24.7. The normalized spacial score (nSPS) is 18.8. The van der Waals surface area contributed by atoms with Crippen LogP contribution < -0.4 is 5.69 Å². The summed E-state index contributed by atoms with van der Waals surface area (Å²) in [7, 11) is -4.32. The summed E-state index contributed by atoms with van der Waals surface area (Å²) in [6, 6.07) is 22.3. The van der Waals surface area contributed by atoms with Crippen LogP contribution in [0.1, 0.15) is 36.9 Å². The predicted molar refractivity (Wildman–Crippen MR) is 168 cm³/mol. The Morgan fingerprint density at radius 1 is 0.932 bits per heavy atom. The topological polar surface area (TPSA) is 112 Å². The first kappa shape index (κ1) is 29.8. The number of aromatic nitrogens is 2. The number of carbonyl (C=O) groups is 1. The van der Waals surface area contributed by atoms with E-state index in [0.717, 1.165) is 49.5 Å². The molecule has 0 saturated carbocycles. The zero-order chi connectivity index (χ0) is 30.8. The van der Waals surface area contributed by atoms with Crippen LogP contribution in [0.5, 0.6) is 0 Å². The first-order valence-electron chi connectivity index (χ1n) is 15.1. The second kappa shape index (κ2) is 12.4. The number of nitriles is 1. The van der Waals surface area contributed by atoms with Crippen molar-refractivity contribution >= 4 is 27.0 Å². The molecule has 2 fully saturated rings. The summed E-state index contributed by atoms with van der Waals surface area (Å²) in [5.74, 6) is -0.274. The highest BCUT2D eigenvalue weighted by Crippen LogP contribution is 2.30. The van der Waals surface area contributed by atoms with Gasteiger partial charge in [-0.2, -0.15) is 9.23 Å². The van der Waals surface area contributed by atoms with Crippen molar-refractivity contribution in [2.45, 2.75) is 36.7 Å². The lowest BCUT2D eigenvalue weighted by Gasteiger charge is -2.38. The summed E-state index contributed by atoms with van der Waals surface area (Å²) in [5.41, 5.74) is 0.274. The number of carbonyl (C=O) groups excluding carboxylic acids is 1. The Labute approximate surface area is 257 Å². The van der Waals surface area contributed by atoms with E-state index in [1.807, 2.05) is 6.07 Å². The van der Waals surface area contributed by atoms with E-state index in [-0.39, 0.29) is 33.4 Å². The van der Waals surface area contributed by atoms with Crippen molar-refractivity contribution in [3.8, 4) is 6.07 Å². The molecule has 2 saturated heterocycles. The zero-order valence-corrected chi connectivity index (χ0v) is 25.6. The van der Waals surface area contributed by atoms with Gasteiger partial charge in [0.15, 0.2) is 0 Å². The highest BCUT2D eigenvalue weighted by Gasteiger charge is 2.38. The first-order valence-corrected chi connectivity index (χ1v) is 16.6. The minimum absolute atomic E-state index is 0.0467. The molecule has 0 aliphatic carbocycles. The highest BCUT2D eigenvalue weighted by atomic mass is 32.2. The van der Waals surface area contributed by atoms with Crippen molar-refractivity contribution in [2.75, 3.05) is 45.8 Å². The molecule has 0 spiro atoms. The van der Waals surface area contributed by atoms with Gasteiger partial charge < -0.3 is 9.80 Å². The molecule has 2 aliphatic rings. The van der Waals surface area contributed by atoms with Crippen LogP contribution in [0.2, 0.25) is 0 Å². The van der Waals surface area contributed by atoms with Gasteiger partial charge in [0, 0.05) is 45.3 Å². The van der Waals surface area contributed by atoms with E-state index in [2.05, 4.69) is 22.8 Å². The number of benzene rings is 3. The Kier molecular flexibility index (Phi) is 8.40. The minimum Gasteiger partial charge on any atom is -0.339 e. The fourth-order valence-corrected chi connectivity index (χ4v) is 7.98. The number of fused-ring (bicyclic) bond motifs is 1. The summed E-state index contributed by atoms with van der Waals surface area (Å²) < 4.78 is 29.8. The smallest absolute Gasteiger partial charge is 0.339 e. The van der Waals surface area contributed by atoms with Crippen LogP contribution in [-0.2, 0) is 14.8 Å². The Morgan fingerprint density at radius 3 is 2.27 bits per heavy atom. The maximum atomic E-state index is 14.5. The van der Waals surface area contributed by atoms with E-state index in [9.17, 15) is 23.3 Å². The Hall–Kier alpha value is -4.24. The molecular weight excluding hydrogens is 576 g/mol. The molecule has 44 heavy (non-hydrogen) atoms. The summed E-state index contributed by atoms with van der Waals surface area (Å²) in [4.78, 5) is 35.5. The molecule has 3 heterocycles. The van der Waals surface area contributed by atoms with E-state index < -0.39 is 21.8 Å². The van der Waals surface area contributed by atoms with Crippen molar-refractivity contribution < 1.29 is 13.2 Å². The lowest BCUT2D eigenvalue weighted by molar-refractivity contribution is -0.132. The molecule has 0 bridgehead atoms. The van der Waals surface area contributed by atoms with Crippen LogP contribution in [0.15, 0.2) is 88.6 Å². The molecule has 10 nitrogen and oxygen atoms in total. The van der Waals surface area contributed by atoms with Crippen LogP contribution in [0, 0.1) is 11.3 Å². The number of hydrogen-bond acceptors (Lipinski definition) is 7. The van der Waals surface area contributed by atoms with Crippen molar-refractivity contribution in [1.29, 1.82) is 5.26 Å². The van der Waals surface area contributed by atoms with Crippen molar-refractivity contribution in [1.82, 2.24) is 23.2 Å². The molecule has 0 radical (unpaired) electrons. The first-order chi connectivity index (χ1) is 21.3. The van der Waals surface area contributed by atoms with E-state index in [1.165, 1.54) is 34.9 Å². The molecule has 3 aromatic carbocycles. The average molecular weight is 613 g/mol. The van der Waals surface area contributed by atoms with Gasteiger partial charge in [-0.05, 0) is 55.3 Å². The molecule has 228 valence electrons. The van der Waals surface area contributed by atoms with Gasteiger partial charge in [-0.25, -0.2) is 13.2 Å². The Morgan fingerprint density at radius 2 is 1.61 bits per heavy atom. The van der Waals surface area contributed by atoms with Crippen LogP contribution in [0.3, 0.4) is 0 Å². The largest absolute Gasteiger partial charge is 0.344 e. The number of imidazole rings is 1. The average Bonchev–Trinajstić information content (AvgIpc) is 3.66. The molecular formula is C33H36N6O4S. The van der Waals surface area contributed by atoms with Gasteiger partial charge in [0.25, 0.3) is 15.9 Å². The molecule has 4 aromatic rings. The molecule has 11 heteroatoms. The Balaban J connectivity index is 1.42. The van der Waals surface area contributed by atoms with Gasteiger partial charge in [-0.1, -0.05) is 55.5 Å². The van der Waals surface area contributed by atoms with Crippen LogP contribution in [0.25, 0.3) is 11.0 Å². The summed E-state index contributed by atoms with van der Waals surface area (Å²) >= 11 is 0. The van der Waals surface area contributed by atoms with E-state index in [1.54, 1.807) is 47.4 Å². The number of hydrogen-bond donors (Lipinski definition) is 0. The third-order valence-electron chi connectivity index (χ3n) is 8.79. The van der Waals surface area contributed by atoms with Gasteiger partial charge in [-0.3, -0.25) is 14.3 Å². The minimum atomic E-state index is -4.32. The summed E-state index contributed by atoms with van der Waals surface area (Å²) in [6.07, 6.45) is 1.96. The van der Waals surface area contributed by atoms with Gasteiger partial charge in [0.1, 0.15) is 6.04 Å². The molecule has 2 atom stereocenters. The molecule has 2 aliphatic heterocycles. The fraction of sp³-hybridized carbons (Fsp3) is 0.364. The fourth-order valence-electron chi connectivity index (χ4n) is 6.56. The monoisotopic (exact) mass is 612 g/mol. The molecule has 0 N–H and O–H groups in total. The number of piperazine rings is 1. The van der Waals surface area contributed by atoms with E-state index >= 15 is 0 Å². The molecule has 1 aromatic heterocycles. The predicted octanol–water partition coefficient (Wildman–Crippen LogP) is 3.13. The number of likely N-dealkylation sites (tertiary alicyclic amines) is 1. The van der Waals surface area contributed by atoms with Crippen molar-refractivity contribution in [3.05, 3.63) is 100 Å². The van der Waals surface area contributed by atoms with Crippen LogP contribution in [0.4, 0.5) is 0 Å². The lowest BCUT2D eigenvalue weighted by atomic mass is 10.0. The second-order valence-corrected chi connectivity index (χ2v) is 13.3. The van der Waals surface area contributed by atoms with Crippen molar-refractivity contribution in [3.63, 3.8) is 0 Å². The van der Waals surface area contributed by atoms with Crippen LogP contribution >= 0.6 is 0 Å². The number of rotatable bonds is 8. The van der Waals surface area contributed by atoms with Gasteiger partial charge in [-0.15, -0.1) is 0 Å². The number of nitrogens with zero attached hydrogens (tertiary/aromatic N) is 6. The number of amides is 1. The van der Waals surface area contributed by atoms with E-state index in [0.29, 0.717) is 18.7 Å². The quantitative estimate of drug-likeness (QED) is 0.301. The highest BCUT2D eigenvalue weighted by molar-refractivity contribution is 7.90. The second-order valence-electron chi connectivity index (χ2n) is 11.5. The van der Waals surface area contributed by atoms with Crippen molar-refractivity contribution in [2.24, 2.45) is 0 Å². The molecule has 1 amide bonds. The molecule has 2 unspecified atom stereocenters. The Bertz CT molecular complexity index is 1860. The SMILES string of the molecule is CCCN1CCN(C2CCN(C(=O)C(c3ccccc3)n3c(=O)n(S(=O)(=O)c4ccccc4)c4ccc(C#N)cc43)C2)CC1. The third-order valence-corrected chi connectivity index (χ3v) is 10.5. The van der Waals surface area contributed by atoms with E-state index in [4.69, 9.17) is 0 Å². The van der Waals surface area contributed by atoms with Gasteiger partial charge in [0.2, 0.25) is 0 Å². The lowest BCUT2D eigenvalue weighted by Crippen LogP contribution is -2.51. The summed E-state index contributed by atoms with van der Waals surface area (Å²) in [5, 5.41) is 9.69. The summed E-state index contributed by atoms with van der Waals surface area (Å²) in [6.45, 7) is 8.30.